The third-order valence-electron chi connectivity index (χ3n) is 3.76. The van der Waals surface area contributed by atoms with E-state index >= 15 is 0 Å². The second kappa shape index (κ2) is 7.17. The predicted octanol–water partition coefficient (Wildman–Crippen LogP) is 3.98. The third-order valence-corrected chi connectivity index (χ3v) is 4.54. The highest BCUT2D eigenvalue weighted by Crippen LogP contribution is 2.42. The summed E-state index contributed by atoms with van der Waals surface area (Å²) in [5.74, 6) is -0.0662. The summed E-state index contributed by atoms with van der Waals surface area (Å²) in [4.78, 5) is 23.7. The van der Waals surface area contributed by atoms with Crippen LogP contribution < -0.4 is 15.4 Å². The highest BCUT2D eigenvalue weighted by molar-refractivity contribution is 6.43. The summed E-state index contributed by atoms with van der Waals surface area (Å²) in [6, 6.07) is 9.69. The first-order valence-corrected chi connectivity index (χ1v) is 8.20. The Morgan fingerprint density at radius 3 is 2.56 bits per heavy atom. The van der Waals surface area contributed by atoms with Gasteiger partial charge in [-0.1, -0.05) is 35.8 Å². The number of fused-ring (bicyclic) bond motifs is 1. The van der Waals surface area contributed by atoms with Gasteiger partial charge in [-0.25, -0.2) is 0 Å². The predicted molar refractivity (Wildman–Crippen MR) is 97.4 cm³/mol. The maximum Gasteiger partial charge on any atom is 0.251 e. The number of hydrogen-bond donors (Lipinski definition) is 2. The second-order valence-electron chi connectivity index (χ2n) is 5.39. The largest absolute Gasteiger partial charge is 0.489 e. The summed E-state index contributed by atoms with van der Waals surface area (Å²) in [5.41, 5.74) is 1.83. The molecule has 7 heteroatoms. The molecule has 2 amide bonds. The van der Waals surface area contributed by atoms with E-state index in [4.69, 9.17) is 27.9 Å². The zero-order valence-electron chi connectivity index (χ0n) is 13.0. The van der Waals surface area contributed by atoms with Gasteiger partial charge in [0.25, 0.3) is 5.91 Å². The molecule has 1 aliphatic heterocycles. The summed E-state index contributed by atoms with van der Waals surface area (Å²) in [6.45, 7) is 3.67. The van der Waals surface area contributed by atoms with Crippen molar-refractivity contribution in [1.29, 1.82) is 0 Å². The van der Waals surface area contributed by atoms with Gasteiger partial charge in [0.15, 0.2) is 0 Å². The van der Waals surface area contributed by atoms with Crippen LogP contribution in [0.15, 0.2) is 49.1 Å². The van der Waals surface area contributed by atoms with Crippen LogP contribution in [0, 0.1) is 0 Å². The minimum Gasteiger partial charge on any atom is -0.489 e. The van der Waals surface area contributed by atoms with E-state index in [-0.39, 0.29) is 24.5 Å². The molecule has 2 aromatic rings. The minimum absolute atomic E-state index is 0.255. The molecule has 1 unspecified atom stereocenters. The molecule has 0 fully saturated rings. The third kappa shape index (κ3) is 3.62. The summed E-state index contributed by atoms with van der Waals surface area (Å²) in [5, 5.41) is 6.27. The Morgan fingerprint density at radius 1 is 1.16 bits per heavy atom. The molecule has 1 atom stereocenters. The van der Waals surface area contributed by atoms with Gasteiger partial charge in [0.1, 0.15) is 17.4 Å². The van der Waals surface area contributed by atoms with Gasteiger partial charge in [-0.05, 0) is 36.4 Å². The van der Waals surface area contributed by atoms with E-state index in [1.807, 2.05) is 0 Å². The molecule has 0 bridgehead atoms. The maximum absolute atomic E-state index is 12.4. The van der Waals surface area contributed by atoms with E-state index in [1.165, 1.54) is 6.08 Å². The Bertz CT molecular complexity index is 850. The molecule has 128 valence electrons. The summed E-state index contributed by atoms with van der Waals surface area (Å²) in [7, 11) is 0. The van der Waals surface area contributed by atoms with E-state index in [0.717, 1.165) is 5.56 Å². The quantitative estimate of drug-likeness (QED) is 0.792. The first-order chi connectivity index (χ1) is 12.0. The van der Waals surface area contributed by atoms with Gasteiger partial charge in [0.2, 0.25) is 5.91 Å². The summed E-state index contributed by atoms with van der Waals surface area (Å²) < 4.78 is 5.55. The number of amides is 2. The highest BCUT2D eigenvalue weighted by Gasteiger charge is 2.28. The van der Waals surface area contributed by atoms with Gasteiger partial charge >= 0.3 is 0 Å². The van der Waals surface area contributed by atoms with E-state index < -0.39 is 0 Å². The average molecular weight is 377 g/mol. The molecule has 0 saturated heterocycles. The van der Waals surface area contributed by atoms with Crippen molar-refractivity contribution < 1.29 is 14.3 Å². The lowest BCUT2D eigenvalue weighted by Gasteiger charge is -2.12. The van der Waals surface area contributed by atoms with Gasteiger partial charge in [-0.15, -0.1) is 0 Å². The van der Waals surface area contributed by atoms with Crippen molar-refractivity contribution in [3.05, 3.63) is 70.2 Å². The topological polar surface area (TPSA) is 67.4 Å². The number of anilines is 1. The van der Waals surface area contributed by atoms with Crippen LogP contribution >= 0.6 is 23.2 Å². The fraction of sp³-hybridized carbons (Fsp3) is 0.111. The number of hydrogen-bond acceptors (Lipinski definition) is 3. The van der Waals surface area contributed by atoms with Crippen molar-refractivity contribution >= 4 is 40.7 Å². The van der Waals surface area contributed by atoms with Crippen LogP contribution in [0.1, 0.15) is 22.0 Å². The Balaban J connectivity index is 1.71. The van der Waals surface area contributed by atoms with Crippen molar-refractivity contribution in [3.63, 3.8) is 0 Å². The van der Waals surface area contributed by atoms with Gasteiger partial charge in [-0.2, -0.15) is 0 Å². The lowest BCUT2D eigenvalue weighted by atomic mass is 10.1. The standard InChI is InChI=1S/C18H14Cl2N2O3/c1-2-15(23)21-11-5-3-10(4-6-11)18(24)22-14-9-25-17-12(14)7-8-13(19)16(17)20/h2-8,14H,1,9H2,(H,21,23)(H,22,24). The molecule has 0 saturated carbocycles. The smallest absolute Gasteiger partial charge is 0.251 e. The Morgan fingerprint density at radius 2 is 1.88 bits per heavy atom. The Kier molecular flexibility index (Phi) is 4.97. The minimum atomic E-state index is -0.313. The van der Waals surface area contributed by atoms with Crippen LogP contribution in [0.25, 0.3) is 0 Å². The van der Waals surface area contributed by atoms with Crippen LogP contribution in [0.5, 0.6) is 5.75 Å². The molecular weight excluding hydrogens is 363 g/mol. The average Bonchev–Trinajstić information content (AvgIpc) is 3.02. The Labute approximate surface area is 154 Å². The second-order valence-corrected chi connectivity index (χ2v) is 6.17. The van der Waals surface area contributed by atoms with Gasteiger partial charge in [0, 0.05) is 16.8 Å². The molecule has 1 heterocycles. The van der Waals surface area contributed by atoms with Crippen molar-refractivity contribution in [1.82, 2.24) is 5.32 Å². The van der Waals surface area contributed by atoms with Crippen molar-refractivity contribution in [2.75, 3.05) is 11.9 Å². The SMILES string of the molecule is C=CC(=O)Nc1ccc(C(=O)NC2COc3c2ccc(Cl)c3Cl)cc1. The molecule has 25 heavy (non-hydrogen) atoms. The van der Waals surface area contributed by atoms with Crippen LogP contribution in [-0.2, 0) is 4.79 Å². The molecule has 5 nitrogen and oxygen atoms in total. The van der Waals surface area contributed by atoms with E-state index in [1.54, 1.807) is 36.4 Å². The molecule has 2 aromatic carbocycles. The van der Waals surface area contributed by atoms with Crippen molar-refractivity contribution in [2.24, 2.45) is 0 Å². The van der Waals surface area contributed by atoms with Crippen LogP contribution in [0.4, 0.5) is 5.69 Å². The first-order valence-electron chi connectivity index (χ1n) is 7.44. The molecule has 3 rings (SSSR count). The Hall–Kier alpha value is -2.50. The van der Waals surface area contributed by atoms with Gasteiger partial charge in [0.05, 0.1) is 11.1 Å². The molecule has 2 N–H and O–H groups in total. The lowest BCUT2D eigenvalue weighted by Crippen LogP contribution is -2.29. The molecule has 0 radical (unpaired) electrons. The molecule has 0 aromatic heterocycles. The van der Waals surface area contributed by atoms with Crippen LogP contribution in [0.3, 0.4) is 0 Å². The number of halogens is 2. The summed E-state index contributed by atoms with van der Waals surface area (Å²) in [6.07, 6.45) is 1.18. The number of rotatable bonds is 4. The molecule has 0 aliphatic carbocycles. The van der Waals surface area contributed by atoms with Crippen LogP contribution in [-0.4, -0.2) is 18.4 Å². The van der Waals surface area contributed by atoms with Crippen LogP contribution in [0.2, 0.25) is 10.0 Å². The highest BCUT2D eigenvalue weighted by atomic mass is 35.5. The first kappa shape index (κ1) is 17.3. The van der Waals surface area contributed by atoms with Crippen molar-refractivity contribution in [3.8, 4) is 5.75 Å². The maximum atomic E-state index is 12.4. The molecule has 1 aliphatic rings. The fourth-order valence-electron chi connectivity index (χ4n) is 2.48. The van der Waals surface area contributed by atoms with Gasteiger partial charge < -0.3 is 15.4 Å². The van der Waals surface area contributed by atoms with E-state index in [2.05, 4.69) is 17.2 Å². The van der Waals surface area contributed by atoms with E-state index in [9.17, 15) is 9.59 Å². The lowest BCUT2D eigenvalue weighted by molar-refractivity contribution is -0.111. The number of nitrogens with one attached hydrogen (secondary N) is 2. The number of carbonyl (C=O) groups excluding carboxylic acids is 2. The molecule has 0 spiro atoms. The zero-order valence-corrected chi connectivity index (χ0v) is 14.5. The number of carbonyl (C=O) groups is 2. The van der Waals surface area contributed by atoms with E-state index in [0.29, 0.717) is 27.0 Å². The zero-order chi connectivity index (χ0) is 18.0. The monoisotopic (exact) mass is 376 g/mol. The summed E-state index contributed by atoms with van der Waals surface area (Å²) >= 11 is 12.1. The van der Waals surface area contributed by atoms with Gasteiger partial charge in [-0.3, -0.25) is 9.59 Å². The normalized spacial score (nSPS) is 15.0. The fourth-order valence-corrected chi connectivity index (χ4v) is 2.86. The number of ether oxygens (including phenoxy) is 1. The van der Waals surface area contributed by atoms with Crippen molar-refractivity contribution in [2.45, 2.75) is 6.04 Å². The molecular formula is C18H14Cl2N2O3. The number of benzene rings is 2.